The van der Waals surface area contributed by atoms with Gasteiger partial charge in [-0.3, -0.25) is 9.78 Å². The number of hydrogen-bond acceptors (Lipinski definition) is 8. The summed E-state index contributed by atoms with van der Waals surface area (Å²) in [5.74, 6) is -5.47. The lowest BCUT2D eigenvalue weighted by molar-refractivity contribution is -0.0851. The number of aromatic nitrogens is 2. The van der Waals surface area contributed by atoms with E-state index in [2.05, 4.69) is 25.3 Å². The summed E-state index contributed by atoms with van der Waals surface area (Å²) in [5.41, 5.74) is -2.23. The molecule has 4 rings (SSSR count). The number of carbonyl (C=O) groups excluding carboxylic acids is 3. The monoisotopic (exact) mass is 614 g/mol. The maximum Gasteiger partial charge on any atom is 0.407 e. The number of rotatable bonds is 6. The molecule has 4 atom stereocenters. The van der Waals surface area contributed by atoms with Crippen LogP contribution in [0.15, 0.2) is 42.7 Å². The van der Waals surface area contributed by atoms with Gasteiger partial charge in [-0.25, -0.2) is 27.7 Å². The van der Waals surface area contributed by atoms with E-state index in [1.165, 1.54) is 12.4 Å². The van der Waals surface area contributed by atoms with Gasteiger partial charge in [-0.1, -0.05) is 6.92 Å². The van der Waals surface area contributed by atoms with Crippen molar-refractivity contribution < 1.29 is 41.8 Å². The van der Waals surface area contributed by atoms with Crippen LogP contribution in [0.2, 0.25) is 0 Å². The number of pyridine rings is 2. The first-order valence-corrected chi connectivity index (χ1v) is 13.8. The highest BCUT2D eigenvalue weighted by Crippen LogP contribution is 2.38. The van der Waals surface area contributed by atoms with E-state index < -0.39 is 63.9 Å². The molecule has 2 aromatic heterocycles. The van der Waals surface area contributed by atoms with Gasteiger partial charge in [-0.2, -0.15) is 0 Å². The van der Waals surface area contributed by atoms with Crippen LogP contribution in [0.5, 0.6) is 0 Å². The normalized spacial score (nSPS) is 20.0. The van der Waals surface area contributed by atoms with Crippen LogP contribution in [0.4, 0.5) is 23.7 Å². The SMILES string of the molecule is COC(=O)c1cc(F)c(-c2nc(C(=O)Nc3cnccc3C3CC(NC(=O)OC(C)(C)C)C(C)C(C)O3)ccc2F)c(F)c1. The lowest BCUT2D eigenvalue weighted by Crippen LogP contribution is -2.49. The Morgan fingerprint density at radius 1 is 1.02 bits per heavy atom. The standard InChI is InChI=1S/C31H33F3N4O6/c1-15-16(2)43-25(13-23(15)38-30(41)44-31(3,4)5)18-9-10-35-14-24(18)37-28(39)22-8-7-19(32)27(36-22)26-20(33)11-17(12-21(26)34)29(40)42-6/h7-12,14-16,23,25H,13H2,1-6H3,(H,37,39)(H,38,41). The number of esters is 1. The van der Waals surface area contributed by atoms with Gasteiger partial charge in [0.15, 0.2) is 0 Å². The lowest BCUT2D eigenvalue weighted by atomic mass is 9.86. The van der Waals surface area contributed by atoms with Crippen LogP contribution < -0.4 is 10.6 Å². The maximum atomic E-state index is 14.9. The number of halogens is 3. The predicted molar refractivity (Wildman–Crippen MR) is 153 cm³/mol. The Morgan fingerprint density at radius 3 is 2.34 bits per heavy atom. The Balaban J connectivity index is 1.59. The molecular formula is C31H33F3N4O6. The number of nitrogens with zero attached hydrogens (tertiary/aromatic N) is 2. The molecule has 1 saturated heterocycles. The van der Waals surface area contributed by atoms with E-state index in [0.29, 0.717) is 24.1 Å². The molecule has 2 amide bonds. The lowest BCUT2D eigenvalue weighted by Gasteiger charge is -2.40. The zero-order valence-corrected chi connectivity index (χ0v) is 25.0. The fraction of sp³-hybridized carbons (Fsp3) is 0.387. The molecule has 1 aliphatic rings. The molecule has 3 aromatic rings. The van der Waals surface area contributed by atoms with Gasteiger partial charge >= 0.3 is 12.1 Å². The largest absolute Gasteiger partial charge is 0.465 e. The van der Waals surface area contributed by atoms with Gasteiger partial charge < -0.3 is 24.8 Å². The second-order valence-corrected chi connectivity index (χ2v) is 11.4. The average Bonchev–Trinajstić information content (AvgIpc) is 2.94. The number of carbonyl (C=O) groups is 3. The Labute approximate surface area is 252 Å². The molecule has 13 heteroatoms. The molecule has 10 nitrogen and oxygen atoms in total. The van der Waals surface area contributed by atoms with Gasteiger partial charge in [-0.15, -0.1) is 0 Å². The van der Waals surface area contributed by atoms with Crippen LogP contribution in [-0.4, -0.2) is 52.8 Å². The first-order chi connectivity index (χ1) is 20.7. The van der Waals surface area contributed by atoms with Crippen molar-refractivity contribution >= 4 is 23.7 Å². The second kappa shape index (κ2) is 13.0. The molecule has 0 bridgehead atoms. The number of anilines is 1. The van der Waals surface area contributed by atoms with Crippen LogP contribution in [-0.2, 0) is 14.2 Å². The Kier molecular flexibility index (Phi) is 9.57. The van der Waals surface area contributed by atoms with Crippen molar-refractivity contribution in [2.45, 2.75) is 64.9 Å². The van der Waals surface area contributed by atoms with E-state index in [1.54, 1.807) is 26.8 Å². The van der Waals surface area contributed by atoms with Crippen LogP contribution in [0.25, 0.3) is 11.3 Å². The molecule has 2 N–H and O–H groups in total. The number of benzene rings is 1. The molecule has 1 aromatic carbocycles. The van der Waals surface area contributed by atoms with Crippen molar-refractivity contribution in [3.05, 3.63) is 77.0 Å². The van der Waals surface area contributed by atoms with Gasteiger partial charge in [0.05, 0.1) is 42.3 Å². The van der Waals surface area contributed by atoms with Crippen LogP contribution in [0.3, 0.4) is 0 Å². The highest BCUT2D eigenvalue weighted by molar-refractivity contribution is 6.03. The van der Waals surface area contributed by atoms with Crippen molar-refractivity contribution in [2.24, 2.45) is 5.92 Å². The number of methoxy groups -OCH3 is 1. The average molecular weight is 615 g/mol. The van der Waals surface area contributed by atoms with Gasteiger partial charge in [0.2, 0.25) is 0 Å². The molecule has 0 aliphatic carbocycles. The topological polar surface area (TPSA) is 129 Å². The van der Waals surface area contributed by atoms with E-state index >= 15 is 0 Å². The van der Waals surface area contributed by atoms with Crippen molar-refractivity contribution in [1.29, 1.82) is 0 Å². The zero-order valence-electron chi connectivity index (χ0n) is 25.0. The summed E-state index contributed by atoms with van der Waals surface area (Å²) in [7, 11) is 1.05. The quantitative estimate of drug-likeness (QED) is 0.325. The van der Waals surface area contributed by atoms with Gasteiger partial charge in [0.1, 0.15) is 34.4 Å². The third-order valence-electron chi connectivity index (χ3n) is 7.15. The smallest absolute Gasteiger partial charge is 0.407 e. The molecule has 1 fully saturated rings. The number of nitrogens with one attached hydrogen (secondary N) is 2. The Bertz CT molecular complexity index is 1560. The molecule has 0 spiro atoms. The van der Waals surface area contributed by atoms with Crippen LogP contribution >= 0.6 is 0 Å². The van der Waals surface area contributed by atoms with Crippen molar-refractivity contribution in [1.82, 2.24) is 15.3 Å². The highest BCUT2D eigenvalue weighted by atomic mass is 19.1. The van der Waals surface area contributed by atoms with Gasteiger partial charge in [0.25, 0.3) is 5.91 Å². The maximum absolute atomic E-state index is 14.9. The summed E-state index contributed by atoms with van der Waals surface area (Å²) in [6.45, 7) is 9.13. The number of ether oxygens (including phenoxy) is 3. The zero-order chi connectivity index (χ0) is 32.3. The van der Waals surface area contributed by atoms with E-state index in [0.717, 1.165) is 19.2 Å². The number of amides is 2. The van der Waals surface area contributed by atoms with E-state index in [-0.39, 0.29) is 29.4 Å². The predicted octanol–water partition coefficient (Wildman–Crippen LogP) is 5.98. The minimum Gasteiger partial charge on any atom is -0.465 e. The summed E-state index contributed by atoms with van der Waals surface area (Å²) < 4.78 is 60.6. The first-order valence-electron chi connectivity index (χ1n) is 13.8. The number of alkyl carbamates (subject to hydrolysis) is 1. The highest BCUT2D eigenvalue weighted by Gasteiger charge is 2.37. The molecule has 234 valence electrons. The van der Waals surface area contributed by atoms with Gasteiger partial charge in [0, 0.05) is 23.7 Å². The first kappa shape index (κ1) is 32.4. The molecular weight excluding hydrogens is 581 g/mol. The fourth-order valence-electron chi connectivity index (χ4n) is 4.82. The van der Waals surface area contributed by atoms with Crippen molar-refractivity contribution in [2.75, 3.05) is 12.4 Å². The summed E-state index contributed by atoms with van der Waals surface area (Å²) in [6, 6.07) is 4.64. The van der Waals surface area contributed by atoms with Crippen LogP contribution in [0, 0.1) is 23.4 Å². The number of hydrogen-bond donors (Lipinski definition) is 2. The molecule has 1 aliphatic heterocycles. The summed E-state index contributed by atoms with van der Waals surface area (Å²) in [5, 5.41) is 5.58. The third kappa shape index (κ3) is 7.33. The molecule has 0 radical (unpaired) electrons. The molecule has 0 saturated carbocycles. The Hall–Kier alpha value is -4.52. The Morgan fingerprint density at radius 2 is 1.70 bits per heavy atom. The fourth-order valence-corrected chi connectivity index (χ4v) is 4.82. The van der Waals surface area contributed by atoms with E-state index in [4.69, 9.17) is 9.47 Å². The van der Waals surface area contributed by atoms with Crippen molar-refractivity contribution in [3.8, 4) is 11.3 Å². The summed E-state index contributed by atoms with van der Waals surface area (Å²) in [6.07, 6.45) is 1.87. The van der Waals surface area contributed by atoms with Gasteiger partial charge in [-0.05, 0) is 64.4 Å². The van der Waals surface area contributed by atoms with E-state index in [9.17, 15) is 27.6 Å². The van der Waals surface area contributed by atoms with Crippen LogP contribution in [0.1, 0.15) is 73.6 Å². The minimum absolute atomic E-state index is 0.0528. The molecule has 44 heavy (non-hydrogen) atoms. The third-order valence-corrected chi connectivity index (χ3v) is 7.15. The second-order valence-electron chi connectivity index (χ2n) is 11.4. The summed E-state index contributed by atoms with van der Waals surface area (Å²) in [4.78, 5) is 45.5. The molecule has 3 heterocycles. The van der Waals surface area contributed by atoms with E-state index in [1.807, 2.05) is 13.8 Å². The molecule has 4 unspecified atom stereocenters. The summed E-state index contributed by atoms with van der Waals surface area (Å²) >= 11 is 0. The van der Waals surface area contributed by atoms with Crippen molar-refractivity contribution in [3.63, 3.8) is 0 Å². The minimum atomic E-state index is -1.27.